The van der Waals surface area contributed by atoms with Crippen molar-refractivity contribution in [1.29, 1.82) is 0 Å². The Balaban J connectivity index is 2.22. The first-order valence-electron chi connectivity index (χ1n) is 4.62. The molecule has 1 aromatic carbocycles. The van der Waals surface area contributed by atoms with Crippen LogP contribution in [0.25, 0.3) is 11.1 Å². The van der Waals surface area contributed by atoms with Crippen molar-refractivity contribution in [1.82, 2.24) is 10.2 Å². The average molecular weight is 188 g/mol. The van der Waals surface area contributed by atoms with Crippen LogP contribution in [0.3, 0.4) is 0 Å². The topological polar surface area (TPSA) is 37.9 Å². The van der Waals surface area contributed by atoms with Crippen LogP contribution >= 0.6 is 0 Å². The van der Waals surface area contributed by atoms with E-state index in [4.69, 9.17) is 4.74 Å². The SMILES string of the molecule is CCOc1ccc(-c2cn[nH]c2)cc1. The molecule has 0 amide bonds. The van der Waals surface area contributed by atoms with E-state index in [-0.39, 0.29) is 0 Å². The lowest BCUT2D eigenvalue weighted by Gasteiger charge is -2.03. The van der Waals surface area contributed by atoms with Gasteiger partial charge in [-0.25, -0.2) is 0 Å². The van der Waals surface area contributed by atoms with Gasteiger partial charge < -0.3 is 4.74 Å². The van der Waals surface area contributed by atoms with E-state index in [0.717, 1.165) is 16.9 Å². The Labute approximate surface area is 82.7 Å². The second kappa shape index (κ2) is 3.96. The number of ether oxygens (including phenoxy) is 1. The summed E-state index contributed by atoms with van der Waals surface area (Å²) in [5, 5.41) is 6.69. The van der Waals surface area contributed by atoms with Gasteiger partial charge in [0.1, 0.15) is 5.75 Å². The normalized spacial score (nSPS) is 10.1. The smallest absolute Gasteiger partial charge is 0.119 e. The molecule has 72 valence electrons. The first-order valence-corrected chi connectivity index (χ1v) is 4.62. The third-order valence-electron chi connectivity index (χ3n) is 2.00. The van der Waals surface area contributed by atoms with Gasteiger partial charge >= 0.3 is 0 Å². The molecule has 0 spiro atoms. The van der Waals surface area contributed by atoms with Crippen molar-refractivity contribution in [2.24, 2.45) is 0 Å². The van der Waals surface area contributed by atoms with Crippen molar-refractivity contribution >= 4 is 0 Å². The molecule has 0 bridgehead atoms. The third kappa shape index (κ3) is 1.76. The van der Waals surface area contributed by atoms with Gasteiger partial charge in [-0.05, 0) is 24.6 Å². The van der Waals surface area contributed by atoms with Crippen molar-refractivity contribution in [3.05, 3.63) is 36.7 Å². The van der Waals surface area contributed by atoms with Crippen molar-refractivity contribution in [3.8, 4) is 16.9 Å². The van der Waals surface area contributed by atoms with E-state index < -0.39 is 0 Å². The minimum absolute atomic E-state index is 0.699. The van der Waals surface area contributed by atoms with Gasteiger partial charge in [0.2, 0.25) is 0 Å². The van der Waals surface area contributed by atoms with Crippen LogP contribution in [-0.2, 0) is 0 Å². The molecule has 0 saturated carbocycles. The van der Waals surface area contributed by atoms with Crippen molar-refractivity contribution in [3.63, 3.8) is 0 Å². The Morgan fingerprint density at radius 1 is 1.21 bits per heavy atom. The number of benzene rings is 1. The van der Waals surface area contributed by atoms with Crippen LogP contribution in [0.5, 0.6) is 5.75 Å². The number of nitrogens with zero attached hydrogens (tertiary/aromatic N) is 1. The molecule has 0 radical (unpaired) electrons. The summed E-state index contributed by atoms with van der Waals surface area (Å²) in [7, 11) is 0. The molecule has 1 N–H and O–H groups in total. The molecule has 0 fully saturated rings. The van der Waals surface area contributed by atoms with Crippen LogP contribution in [-0.4, -0.2) is 16.8 Å². The second-order valence-electron chi connectivity index (χ2n) is 2.94. The Kier molecular flexibility index (Phi) is 2.49. The van der Waals surface area contributed by atoms with E-state index in [0.29, 0.717) is 6.61 Å². The molecular weight excluding hydrogens is 176 g/mol. The number of aromatic amines is 1. The van der Waals surface area contributed by atoms with E-state index in [2.05, 4.69) is 10.2 Å². The largest absolute Gasteiger partial charge is 0.494 e. The van der Waals surface area contributed by atoms with Crippen LogP contribution < -0.4 is 4.74 Å². The number of H-pyrrole nitrogens is 1. The fourth-order valence-electron chi connectivity index (χ4n) is 1.32. The van der Waals surface area contributed by atoms with Crippen LogP contribution in [0.2, 0.25) is 0 Å². The molecule has 0 aliphatic rings. The molecule has 3 nitrogen and oxygen atoms in total. The highest BCUT2D eigenvalue weighted by Crippen LogP contribution is 2.20. The summed E-state index contributed by atoms with van der Waals surface area (Å²) >= 11 is 0. The Morgan fingerprint density at radius 2 is 2.00 bits per heavy atom. The summed E-state index contributed by atoms with van der Waals surface area (Å²) in [5.41, 5.74) is 2.23. The number of hydrogen-bond donors (Lipinski definition) is 1. The molecule has 1 aromatic heterocycles. The minimum Gasteiger partial charge on any atom is -0.494 e. The summed E-state index contributed by atoms with van der Waals surface area (Å²) in [4.78, 5) is 0. The Bertz CT molecular complexity index is 378. The zero-order valence-electron chi connectivity index (χ0n) is 8.03. The molecule has 0 aliphatic carbocycles. The molecule has 3 heteroatoms. The minimum atomic E-state index is 0.699. The van der Waals surface area contributed by atoms with Gasteiger partial charge in [0.15, 0.2) is 0 Å². The summed E-state index contributed by atoms with van der Waals surface area (Å²) in [6.07, 6.45) is 3.67. The van der Waals surface area contributed by atoms with Crippen molar-refractivity contribution < 1.29 is 4.74 Å². The summed E-state index contributed by atoms with van der Waals surface area (Å²) < 4.78 is 5.35. The molecule has 0 atom stereocenters. The molecular formula is C11H12N2O. The molecule has 0 saturated heterocycles. The lowest BCUT2D eigenvalue weighted by molar-refractivity contribution is 0.340. The quantitative estimate of drug-likeness (QED) is 0.803. The number of hydrogen-bond acceptors (Lipinski definition) is 2. The van der Waals surface area contributed by atoms with Gasteiger partial charge in [-0.2, -0.15) is 5.10 Å². The number of rotatable bonds is 3. The van der Waals surface area contributed by atoms with E-state index >= 15 is 0 Å². The number of aromatic nitrogens is 2. The van der Waals surface area contributed by atoms with Gasteiger partial charge in [0.05, 0.1) is 12.8 Å². The average Bonchev–Trinajstić information content (AvgIpc) is 2.72. The lowest BCUT2D eigenvalue weighted by atomic mass is 10.1. The molecule has 1 heterocycles. The van der Waals surface area contributed by atoms with Gasteiger partial charge in [0.25, 0.3) is 0 Å². The van der Waals surface area contributed by atoms with Gasteiger partial charge in [0, 0.05) is 11.8 Å². The van der Waals surface area contributed by atoms with Crippen LogP contribution in [0.4, 0.5) is 0 Å². The first kappa shape index (κ1) is 8.81. The standard InChI is InChI=1S/C11H12N2O/c1-2-14-11-5-3-9(4-6-11)10-7-12-13-8-10/h3-8H,2H2,1H3,(H,12,13). The zero-order valence-corrected chi connectivity index (χ0v) is 8.03. The fourth-order valence-corrected chi connectivity index (χ4v) is 1.32. The monoisotopic (exact) mass is 188 g/mol. The maximum Gasteiger partial charge on any atom is 0.119 e. The van der Waals surface area contributed by atoms with Crippen LogP contribution in [0.1, 0.15) is 6.92 Å². The van der Waals surface area contributed by atoms with Gasteiger partial charge in [-0.3, -0.25) is 5.10 Å². The maximum absolute atomic E-state index is 5.35. The first-order chi connectivity index (χ1) is 6.90. The maximum atomic E-state index is 5.35. The highest BCUT2D eigenvalue weighted by molar-refractivity contribution is 5.62. The summed E-state index contributed by atoms with van der Waals surface area (Å²) in [6.45, 7) is 2.68. The summed E-state index contributed by atoms with van der Waals surface area (Å²) in [6, 6.07) is 7.98. The third-order valence-corrected chi connectivity index (χ3v) is 2.00. The highest BCUT2D eigenvalue weighted by atomic mass is 16.5. The highest BCUT2D eigenvalue weighted by Gasteiger charge is 1.98. The number of nitrogens with one attached hydrogen (secondary N) is 1. The molecule has 2 rings (SSSR count). The molecule has 0 aliphatic heterocycles. The Morgan fingerprint density at radius 3 is 2.57 bits per heavy atom. The van der Waals surface area contributed by atoms with Gasteiger partial charge in [-0.1, -0.05) is 12.1 Å². The fraction of sp³-hybridized carbons (Fsp3) is 0.182. The van der Waals surface area contributed by atoms with Gasteiger partial charge in [-0.15, -0.1) is 0 Å². The van der Waals surface area contributed by atoms with Crippen LogP contribution in [0.15, 0.2) is 36.7 Å². The predicted octanol–water partition coefficient (Wildman–Crippen LogP) is 2.48. The van der Waals surface area contributed by atoms with E-state index in [1.54, 1.807) is 6.20 Å². The lowest BCUT2D eigenvalue weighted by Crippen LogP contribution is -1.90. The van der Waals surface area contributed by atoms with Crippen molar-refractivity contribution in [2.75, 3.05) is 6.61 Å². The van der Waals surface area contributed by atoms with E-state index in [1.807, 2.05) is 37.4 Å². The van der Waals surface area contributed by atoms with E-state index in [1.165, 1.54) is 0 Å². The molecule has 14 heavy (non-hydrogen) atoms. The van der Waals surface area contributed by atoms with Crippen LogP contribution in [0, 0.1) is 0 Å². The second-order valence-corrected chi connectivity index (χ2v) is 2.94. The van der Waals surface area contributed by atoms with E-state index in [9.17, 15) is 0 Å². The van der Waals surface area contributed by atoms with Crippen molar-refractivity contribution in [2.45, 2.75) is 6.92 Å². The summed E-state index contributed by atoms with van der Waals surface area (Å²) in [5.74, 6) is 0.903. The predicted molar refractivity (Wildman–Crippen MR) is 55.2 cm³/mol. The molecule has 2 aromatic rings. The zero-order chi connectivity index (χ0) is 9.80. The molecule has 0 unspecified atom stereocenters. The Hall–Kier alpha value is -1.77.